The molecule has 0 N–H and O–H groups in total. The first kappa shape index (κ1) is 29.3. The van der Waals surface area contributed by atoms with Crippen molar-refractivity contribution in [3.05, 3.63) is 63.5 Å². The molecule has 1 saturated carbocycles. The van der Waals surface area contributed by atoms with Crippen LogP contribution >= 0.6 is 0 Å². The Morgan fingerprint density at radius 2 is 1.61 bits per heavy atom. The zero-order valence-electron chi connectivity index (χ0n) is 25.5. The second-order valence-electron chi connectivity index (χ2n) is 14.8. The Morgan fingerprint density at radius 1 is 0.976 bits per heavy atom. The topological polar surface area (TPSA) is 40.6 Å². The average Bonchev–Trinajstić information content (AvgIpc) is 3.55. The lowest BCUT2D eigenvalue weighted by atomic mass is 9.73. The van der Waals surface area contributed by atoms with E-state index in [2.05, 4.69) is 47.7 Å². The predicted octanol–water partition coefficient (Wildman–Crippen LogP) is 9.14. The molecule has 2 aliphatic carbocycles. The number of hydrogen-bond donors (Lipinski definition) is 0. The van der Waals surface area contributed by atoms with Gasteiger partial charge in [0.1, 0.15) is 6.10 Å². The third-order valence-corrected chi connectivity index (χ3v) is 15.0. The maximum atomic E-state index is 13.4. The largest absolute Gasteiger partial charge is 0.416 e. The van der Waals surface area contributed by atoms with Crippen molar-refractivity contribution in [3.8, 4) is 0 Å². The van der Waals surface area contributed by atoms with Crippen LogP contribution in [-0.2, 0) is 32.1 Å². The highest BCUT2D eigenvalue weighted by molar-refractivity contribution is 6.74. The summed E-state index contributed by atoms with van der Waals surface area (Å²) in [5.41, 5.74) is 5.43. The molecule has 0 radical (unpaired) electrons. The van der Waals surface area contributed by atoms with Crippen molar-refractivity contribution in [2.75, 3.05) is 13.2 Å². The lowest BCUT2D eigenvalue weighted by molar-refractivity contribution is -0.137. The molecule has 1 aromatic carbocycles. The van der Waals surface area contributed by atoms with E-state index < -0.39 is 31.8 Å². The molecule has 224 valence electrons. The third-order valence-electron chi connectivity index (χ3n) is 10.5. The number of benzene rings is 1. The Kier molecular flexibility index (Phi) is 6.89. The molecule has 2 fully saturated rings. The zero-order chi connectivity index (χ0) is 29.6. The van der Waals surface area contributed by atoms with Gasteiger partial charge in [0, 0.05) is 48.6 Å². The average molecular weight is 588 g/mol. The van der Waals surface area contributed by atoms with Gasteiger partial charge in [-0.3, -0.25) is 4.98 Å². The molecule has 41 heavy (non-hydrogen) atoms. The summed E-state index contributed by atoms with van der Waals surface area (Å²) < 4.78 is 60.6. The van der Waals surface area contributed by atoms with Gasteiger partial charge in [-0.1, -0.05) is 46.8 Å². The molecule has 1 saturated heterocycles. The highest BCUT2D eigenvalue weighted by Crippen LogP contribution is 2.63. The molecule has 2 spiro atoms. The van der Waals surface area contributed by atoms with Crippen molar-refractivity contribution >= 4 is 8.32 Å². The number of fused-ring (bicyclic) bond motifs is 4. The molecule has 8 heteroatoms. The van der Waals surface area contributed by atoms with Crippen molar-refractivity contribution in [1.29, 1.82) is 0 Å². The molecule has 0 unspecified atom stereocenters. The number of ether oxygens (including phenoxy) is 2. The van der Waals surface area contributed by atoms with Crippen LogP contribution in [0, 0.1) is 5.41 Å². The normalized spacial score (nSPS) is 25.0. The van der Waals surface area contributed by atoms with Crippen LogP contribution in [0.25, 0.3) is 0 Å². The standard InChI is InChI=1S/C33H44F3NO3Si/c1-20(2)28-26-27(25-23(37-28)18-31(12-13-31)19-24(25)40-41(6,7)30(3,4)5)32(14-16-38-17-15-32)39-29(26)21-8-10-22(11-9-21)33(34,35)36/h8-11,20,24,29H,12-19H2,1-7H3/t24-,29+/m0/s1. The van der Waals surface area contributed by atoms with Gasteiger partial charge in [-0.2, -0.15) is 13.2 Å². The molecule has 0 amide bonds. The van der Waals surface area contributed by atoms with Crippen LogP contribution in [0.15, 0.2) is 24.3 Å². The van der Waals surface area contributed by atoms with Gasteiger partial charge in [0.15, 0.2) is 8.32 Å². The van der Waals surface area contributed by atoms with E-state index in [9.17, 15) is 13.2 Å². The third kappa shape index (κ3) is 5.00. The van der Waals surface area contributed by atoms with Gasteiger partial charge in [0.25, 0.3) is 0 Å². The molecule has 2 aromatic rings. The summed E-state index contributed by atoms with van der Waals surface area (Å²) in [7, 11) is -2.13. The van der Waals surface area contributed by atoms with E-state index in [0.717, 1.165) is 35.4 Å². The van der Waals surface area contributed by atoms with Crippen molar-refractivity contribution < 1.29 is 27.1 Å². The minimum atomic E-state index is -4.38. The molecule has 4 nitrogen and oxygen atoms in total. The fraction of sp³-hybridized carbons (Fsp3) is 0.667. The second kappa shape index (κ2) is 9.63. The first-order valence-corrected chi connectivity index (χ1v) is 18.1. The molecule has 1 aromatic heterocycles. The van der Waals surface area contributed by atoms with Crippen molar-refractivity contribution in [2.45, 2.75) is 121 Å². The van der Waals surface area contributed by atoms with Crippen LogP contribution < -0.4 is 0 Å². The molecular formula is C33H44F3NO3Si. The highest BCUT2D eigenvalue weighted by Gasteiger charge is 2.56. The predicted molar refractivity (Wildman–Crippen MR) is 155 cm³/mol. The smallest absolute Gasteiger partial charge is 0.410 e. The molecule has 3 heterocycles. The quantitative estimate of drug-likeness (QED) is 0.335. The van der Waals surface area contributed by atoms with E-state index in [1.807, 2.05) is 0 Å². The Labute approximate surface area is 243 Å². The SMILES string of the molecule is CC(C)c1nc2c(c3c1[C@@H](c1ccc(C(F)(F)F)cc1)OC31CCOCC1)[C@@H](O[Si](C)(C)C(C)(C)C)CC1(CC1)C2. The summed E-state index contributed by atoms with van der Waals surface area (Å²) in [6, 6.07) is 5.52. The Bertz CT molecular complexity index is 1320. The van der Waals surface area contributed by atoms with Gasteiger partial charge in [-0.05, 0) is 78.4 Å². The van der Waals surface area contributed by atoms with Crippen LogP contribution in [0.2, 0.25) is 18.1 Å². The first-order chi connectivity index (χ1) is 19.1. The van der Waals surface area contributed by atoms with E-state index in [1.165, 1.54) is 36.1 Å². The molecule has 6 rings (SSSR count). The lowest BCUT2D eigenvalue weighted by Crippen LogP contribution is -2.44. The van der Waals surface area contributed by atoms with Gasteiger partial charge in [0.05, 0.1) is 17.3 Å². The van der Waals surface area contributed by atoms with E-state index >= 15 is 0 Å². The van der Waals surface area contributed by atoms with Crippen molar-refractivity contribution in [2.24, 2.45) is 5.41 Å². The molecule has 2 aliphatic heterocycles. The van der Waals surface area contributed by atoms with Gasteiger partial charge in [-0.15, -0.1) is 0 Å². The highest BCUT2D eigenvalue weighted by atomic mass is 28.4. The number of pyridine rings is 1. The molecule has 4 aliphatic rings. The minimum Gasteiger partial charge on any atom is -0.410 e. The summed E-state index contributed by atoms with van der Waals surface area (Å²) in [5.74, 6) is 0.140. The number of hydrogen-bond acceptors (Lipinski definition) is 4. The number of nitrogens with zero attached hydrogens (tertiary/aromatic N) is 1. The maximum absolute atomic E-state index is 13.4. The number of aromatic nitrogens is 1. The van der Waals surface area contributed by atoms with Crippen molar-refractivity contribution in [3.63, 3.8) is 0 Å². The fourth-order valence-electron chi connectivity index (χ4n) is 6.97. The van der Waals surface area contributed by atoms with Gasteiger partial charge in [-0.25, -0.2) is 0 Å². The number of halogens is 3. The van der Waals surface area contributed by atoms with Gasteiger partial charge < -0.3 is 13.9 Å². The van der Waals surface area contributed by atoms with Crippen LogP contribution in [0.1, 0.15) is 124 Å². The summed E-state index contributed by atoms with van der Waals surface area (Å²) in [5, 5.41) is 0.0609. The zero-order valence-corrected chi connectivity index (χ0v) is 26.5. The number of rotatable bonds is 4. The summed E-state index contributed by atoms with van der Waals surface area (Å²) in [6.07, 6.45) is 0.887. The monoisotopic (exact) mass is 587 g/mol. The maximum Gasteiger partial charge on any atom is 0.416 e. The van der Waals surface area contributed by atoms with E-state index in [4.69, 9.17) is 18.9 Å². The Balaban J connectivity index is 1.57. The lowest BCUT2D eigenvalue weighted by Gasteiger charge is -2.44. The second-order valence-corrected chi connectivity index (χ2v) is 19.5. The van der Waals surface area contributed by atoms with E-state index in [0.29, 0.717) is 26.1 Å². The van der Waals surface area contributed by atoms with Gasteiger partial charge in [0.2, 0.25) is 0 Å². The van der Waals surface area contributed by atoms with Crippen LogP contribution in [0.4, 0.5) is 13.2 Å². The van der Waals surface area contributed by atoms with Crippen LogP contribution in [-0.4, -0.2) is 26.5 Å². The van der Waals surface area contributed by atoms with Gasteiger partial charge >= 0.3 is 6.18 Å². The first-order valence-electron chi connectivity index (χ1n) is 15.2. The van der Waals surface area contributed by atoms with E-state index in [1.54, 1.807) is 12.1 Å². The number of alkyl halides is 3. The molecule has 2 atom stereocenters. The minimum absolute atomic E-state index is 0.0562. The van der Waals surface area contributed by atoms with E-state index in [-0.39, 0.29) is 22.5 Å². The Hall–Kier alpha value is -1.74. The molecule has 0 bridgehead atoms. The van der Waals surface area contributed by atoms with Crippen LogP contribution in [0.5, 0.6) is 0 Å². The molecular weight excluding hydrogens is 543 g/mol. The summed E-state index contributed by atoms with van der Waals surface area (Å²) >= 11 is 0. The van der Waals surface area contributed by atoms with Crippen LogP contribution in [0.3, 0.4) is 0 Å². The summed E-state index contributed by atoms with van der Waals surface area (Å²) in [6.45, 7) is 17.0. The summed E-state index contributed by atoms with van der Waals surface area (Å²) in [4.78, 5) is 5.42. The van der Waals surface area contributed by atoms with Crippen molar-refractivity contribution in [1.82, 2.24) is 4.98 Å². The fourth-order valence-corrected chi connectivity index (χ4v) is 8.23. The Morgan fingerprint density at radius 3 is 2.15 bits per heavy atom.